The maximum atomic E-state index is 12.9. The van der Waals surface area contributed by atoms with Crippen LogP contribution in [0.3, 0.4) is 0 Å². The highest BCUT2D eigenvalue weighted by Gasteiger charge is 2.33. The summed E-state index contributed by atoms with van der Waals surface area (Å²) in [6, 6.07) is 3.88. The van der Waals surface area contributed by atoms with Gasteiger partial charge in [-0.2, -0.15) is 22.5 Å². The number of anilines is 2. The number of nitrogens with zero attached hydrogens (tertiary/aromatic N) is 2. The Morgan fingerprint density at radius 1 is 1.19 bits per heavy atom. The van der Waals surface area contributed by atoms with Gasteiger partial charge in [-0.1, -0.05) is 18.1 Å². The van der Waals surface area contributed by atoms with Gasteiger partial charge in [0.05, 0.1) is 11.3 Å². The molecule has 1 heterocycles. The van der Waals surface area contributed by atoms with Crippen molar-refractivity contribution in [2.24, 2.45) is 5.41 Å². The highest BCUT2D eigenvalue weighted by molar-refractivity contribution is 8.03. The second-order valence-corrected chi connectivity index (χ2v) is 7.61. The first-order valence-electron chi connectivity index (χ1n) is 7.31. The van der Waals surface area contributed by atoms with Crippen molar-refractivity contribution in [3.05, 3.63) is 29.8 Å². The number of amides is 2. The fraction of sp³-hybridized carbons (Fsp3) is 0.312. The quantitative estimate of drug-likeness (QED) is 0.542. The average molecular weight is 400 g/mol. The third-order valence-corrected chi connectivity index (χ3v) is 3.99. The van der Waals surface area contributed by atoms with E-state index in [2.05, 4.69) is 31.2 Å². The molecule has 2 aromatic rings. The van der Waals surface area contributed by atoms with Gasteiger partial charge >= 0.3 is 12.2 Å². The first-order chi connectivity index (χ1) is 12.0. The van der Waals surface area contributed by atoms with Gasteiger partial charge in [-0.05, 0) is 38.2 Å². The Labute approximate surface area is 157 Å². The number of aromatic nitrogens is 2. The van der Waals surface area contributed by atoms with Crippen LogP contribution in [0, 0.1) is 16.6 Å². The molecule has 2 N–H and O–H groups in total. The third kappa shape index (κ3) is 6.24. The van der Waals surface area contributed by atoms with Crippen LogP contribution < -0.4 is 10.6 Å². The lowest BCUT2D eigenvalue weighted by molar-refractivity contribution is -0.136. The number of benzene rings is 1. The first-order valence-corrected chi connectivity index (χ1v) is 8.90. The van der Waals surface area contributed by atoms with Crippen molar-refractivity contribution in [2.75, 3.05) is 10.6 Å². The number of nitrogens with one attached hydrogen (secondary N) is 2. The highest BCUT2D eigenvalue weighted by Crippen LogP contribution is 2.34. The number of halogens is 3. The molecular formula is C16H15F3N4OS2. The van der Waals surface area contributed by atoms with Gasteiger partial charge in [0.2, 0.25) is 10.3 Å². The van der Waals surface area contributed by atoms with E-state index < -0.39 is 17.8 Å². The van der Waals surface area contributed by atoms with Crippen molar-refractivity contribution in [3.8, 4) is 11.2 Å². The normalized spacial score (nSPS) is 11.5. The number of hydrogen-bond donors (Lipinski definition) is 2. The van der Waals surface area contributed by atoms with Crippen LogP contribution in [0.1, 0.15) is 26.3 Å². The smallest absolute Gasteiger partial charge is 0.307 e. The van der Waals surface area contributed by atoms with E-state index in [9.17, 15) is 18.0 Å². The van der Waals surface area contributed by atoms with Gasteiger partial charge in [0.1, 0.15) is 0 Å². The molecule has 0 aliphatic carbocycles. The Morgan fingerprint density at radius 2 is 1.88 bits per heavy atom. The van der Waals surface area contributed by atoms with Gasteiger partial charge in [0.15, 0.2) is 0 Å². The van der Waals surface area contributed by atoms with Gasteiger partial charge in [-0.3, -0.25) is 5.32 Å². The molecule has 26 heavy (non-hydrogen) atoms. The standard InChI is InChI=1S/C16H15F3N4OS2/c1-15(2,3)8-9-25-14-22-13(26-23-14)21-12(24)20-11-7-5-4-6-10(11)16(17,18)19/h4-7H,1-3H3,(H2,20,21,22,23,24). The second kappa shape index (κ2) is 7.97. The fourth-order valence-electron chi connectivity index (χ4n) is 1.62. The predicted octanol–water partition coefficient (Wildman–Crippen LogP) is 5.30. The fourth-order valence-corrected chi connectivity index (χ4v) is 2.99. The van der Waals surface area contributed by atoms with Crippen molar-refractivity contribution in [1.29, 1.82) is 0 Å². The molecule has 0 aliphatic heterocycles. The van der Waals surface area contributed by atoms with Crippen LogP contribution in [0.5, 0.6) is 0 Å². The third-order valence-electron chi connectivity index (χ3n) is 2.68. The Bertz CT molecular complexity index is 847. The number of urea groups is 1. The van der Waals surface area contributed by atoms with Crippen LogP contribution in [-0.2, 0) is 6.18 Å². The minimum Gasteiger partial charge on any atom is -0.307 e. The van der Waals surface area contributed by atoms with E-state index in [4.69, 9.17) is 0 Å². The van der Waals surface area contributed by atoms with E-state index in [-0.39, 0.29) is 16.2 Å². The number of para-hydroxylation sites is 1. The highest BCUT2D eigenvalue weighted by atomic mass is 32.2. The summed E-state index contributed by atoms with van der Waals surface area (Å²) >= 11 is 2.02. The lowest BCUT2D eigenvalue weighted by atomic mass is 9.99. The Balaban J connectivity index is 2.00. The number of carbonyl (C=O) groups is 1. The van der Waals surface area contributed by atoms with Crippen molar-refractivity contribution in [1.82, 2.24) is 9.36 Å². The van der Waals surface area contributed by atoms with E-state index >= 15 is 0 Å². The number of thioether (sulfide) groups is 1. The zero-order chi connectivity index (χ0) is 19.4. The molecule has 1 aromatic carbocycles. The van der Waals surface area contributed by atoms with E-state index in [1.165, 1.54) is 18.2 Å². The Morgan fingerprint density at radius 3 is 2.54 bits per heavy atom. The Kier molecular flexibility index (Phi) is 6.15. The molecule has 0 atom stereocenters. The summed E-state index contributed by atoms with van der Waals surface area (Å²) in [5, 5.41) is 7.92. The maximum absolute atomic E-state index is 12.9. The molecule has 5 nitrogen and oxygen atoms in total. The number of rotatable bonds is 3. The van der Waals surface area contributed by atoms with Gasteiger partial charge in [-0.15, -0.1) is 0 Å². The number of carbonyl (C=O) groups excluding carboxylic acids is 1. The van der Waals surface area contributed by atoms with Crippen LogP contribution in [-0.4, -0.2) is 15.4 Å². The van der Waals surface area contributed by atoms with Crippen LogP contribution in [0.2, 0.25) is 0 Å². The minimum absolute atomic E-state index is 0.157. The summed E-state index contributed by atoms with van der Waals surface area (Å²) < 4.78 is 42.8. The van der Waals surface area contributed by atoms with Gasteiger partial charge in [0.25, 0.3) is 0 Å². The molecular weight excluding hydrogens is 385 g/mol. The lowest BCUT2D eigenvalue weighted by Crippen LogP contribution is -2.21. The average Bonchev–Trinajstić information content (AvgIpc) is 2.92. The van der Waals surface area contributed by atoms with E-state index in [0.29, 0.717) is 5.16 Å². The van der Waals surface area contributed by atoms with Crippen LogP contribution >= 0.6 is 23.3 Å². The minimum atomic E-state index is -4.57. The second-order valence-electron chi connectivity index (χ2n) is 6.08. The van der Waals surface area contributed by atoms with Gasteiger partial charge < -0.3 is 5.32 Å². The molecule has 0 saturated carbocycles. The summed E-state index contributed by atoms with van der Waals surface area (Å²) in [6.07, 6.45) is -4.57. The van der Waals surface area contributed by atoms with Crippen molar-refractivity contribution < 1.29 is 18.0 Å². The molecule has 0 unspecified atom stereocenters. The largest absolute Gasteiger partial charge is 0.418 e. The van der Waals surface area contributed by atoms with Crippen LogP contribution in [0.25, 0.3) is 0 Å². The van der Waals surface area contributed by atoms with Crippen molar-refractivity contribution >= 4 is 40.1 Å². The molecule has 0 aliphatic rings. The molecule has 1 aromatic heterocycles. The maximum Gasteiger partial charge on any atom is 0.418 e. The summed E-state index contributed by atoms with van der Waals surface area (Å²) in [5.74, 6) is 3.00. The Hall–Kier alpha value is -2.25. The van der Waals surface area contributed by atoms with Crippen molar-refractivity contribution in [2.45, 2.75) is 32.1 Å². The molecule has 0 saturated heterocycles. The topological polar surface area (TPSA) is 66.9 Å². The zero-order valence-electron chi connectivity index (χ0n) is 14.1. The van der Waals surface area contributed by atoms with Crippen LogP contribution in [0.4, 0.5) is 28.8 Å². The zero-order valence-corrected chi connectivity index (χ0v) is 15.7. The van der Waals surface area contributed by atoms with E-state index in [1.54, 1.807) is 0 Å². The summed E-state index contributed by atoms with van der Waals surface area (Å²) in [7, 11) is 0. The van der Waals surface area contributed by atoms with E-state index in [1.807, 2.05) is 20.8 Å². The van der Waals surface area contributed by atoms with Gasteiger partial charge in [-0.25, -0.2) is 4.79 Å². The first kappa shape index (κ1) is 20.1. The molecule has 2 amide bonds. The monoisotopic (exact) mass is 400 g/mol. The summed E-state index contributed by atoms with van der Waals surface area (Å²) in [4.78, 5) is 16.0. The molecule has 0 fully saturated rings. The summed E-state index contributed by atoms with van der Waals surface area (Å²) in [6.45, 7) is 5.89. The SMILES string of the molecule is CC(C)(C)C#CSc1nsc(NC(=O)Nc2ccccc2C(F)(F)F)n1. The molecule has 2 rings (SSSR count). The molecule has 0 bridgehead atoms. The number of alkyl halides is 3. The lowest BCUT2D eigenvalue weighted by Gasteiger charge is -2.13. The van der Waals surface area contributed by atoms with Crippen LogP contribution in [0.15, 0.2) is 29.4 Å². The van der Waals surface area contributed by atoms with Crippen molar-refractivity contribution in [3.63, 3.8) is 0 Å². The van der Waals surface area contributed by atoms with E-state index in [0.717, 1.165) is 29.4 Å². The molecule has 10 heteroatoms. The number of hydrogen-bond acceptors (Lipinski definition) is 5. The molecule has 0 spiro atoms. The summed E-state index contributed by atoms with van der Waals surface area (Å²) in [5.41, 5.74) is -1.43. The molecule has 0 radical (unpaired) electrons. The predicted molar refractivity (Wildman–Crippen MR) is 97.1 cm³/mol. The molecule has 138 valence electrons. The van der Waals surface area contributed by atoms with Gasteiger partial charge in [0, 0.05) is 28.7 Å².